The van der Waals surface area contributed by atoms with Crippen molar-refractivity contribution in [2.45, 2.75) is 60.5 Å². The van der Waals surface area contributed by atoms with Crippen molar-refractivity contribution >= 4 is 5.69 Å². The van der Waals surface area contributed by atoms with Crippen LogP contribution in [0.3, 0.4) is 0 Å². The summed E-state index contributed by atoms with van der Waals surface area (Å²) in [6.45, 7) is 16.6. The second kappa shape index (κ2) is 8.31. The molecule has 1 aromatic carbocycles. The first kappa shape index (κ1) is 17.0. The summed E-state index contributed by atoms with van der Waals surface area (Å²) in [4.78, 5) is 2.49. The number of anilines is 1. The summed E-state index contributed by atoms with van der Waals surface area (Å²) < 4.78 is 0. The normalized spacial score (nSPS) is 12.8. The van der Waals surface area contributed by atoms with Crippen LogP contribution in [0.1, 0.15) is 52.2 Å². The van der Waals surface area contributed by atoms with Crippen LogP contribution in [0.5, 0.6) is 0 Å². The van der Waals surface area contributed by atoms with E-state index in [2.05, 4.69) is 70.0 Å². The first-order valence-electron chi connectivity index (χ1n) is 8.05. The van der Waals surface area contributed by atoms with E-state index in [0.717, 1.165) is 25.6 Å². The van der Waals surface area contributed by atoms with E-state index in [9.17, 15) is 0 Å². The Hall–Kier alpha value is -1.02. The van der Waals surface area contributed by atoms with E-state index in [4.69, 9.17) is 0 Å². The highest BCUT2D eigenvalue weighted by molar-refractivity contribution is 5.50. The van der Waals surface area contributed by atoms with E-state index in [1.165, 1.54) is 23.2 Å². The summed E-state index contributed by atoms with van der Waals surface area (Å²) in [6, 6.07) is 7.42. The minimum Gasteiger partial charge on any atom is -0.372 e. The maximum absolute atomic E-state index is 3.49. The van der Waals surface area contributed by atoms with Gasteiger partial charge in [-0.05, 0) is 43.0 Å². The molecule has 114 valence electrons. The fourth-order valence-corrected chi connectivity index (χ4v) is 2.31. The molecule has 0 bridgehead atoms. The highest BCUT2D eigenvalue weighted by Crippen LogP contribution is 2.21. The van der Waals surface area contributed by atoms with Crippen molar-refractivity contribution in [2.24, 2.45) is 5.92 Å². The van der Waals surface area contributed by atoms with Crippen LogP contribution in [0.25, 0.3) is 0 Å². The second-order valence-corrected chi connectivity index (χ2v) is 6.20. The molecule has 0 aromatic heterocycles. The third kappa shape index (κ3) is 5.16. The van der Waals surface area contributed by atoms with Gasteiger partial charge in [0.2, 0.25) is 0 Å². The Bertz CT molecular complexity index is 398. The topological polar surface area (TPSA) is 15.3 Å². The van der Waals surface area contributed by atoms with Gasteiger partial charge >= 0.3 is 0 Å². The van der Waals surface area contributed by atoms with Crippen LogP contribution < -0.4 is 10.2 Å². The molecule has 2 heteroatoms. The summed E-state index contributed by atoms with van der Waals surface area (Å²) in [5.41, 5.74) is 4.15. The van der Waals surface area contributed by atoms with Crippen LogP contribution in [0.15, 0.2) is 18.2 Å². The molecule has 0 aliphatic heterocycles. The maximum Gasteiger partial charge on any atom is 0.0369 e. The number of aryl methyl sites for hydroxylation is 1. The predicted octanol–water partition coefficient (Wildman–Crippen LogP) is 4.37. The molecule has 20 heavy (non-hydrogen) atoms. The molecule has 1 rings (SSSR count). The van der Waals surface area contributed by atoms with Crippen LogP contribution >= 0.6 is 0 Å². The smallest absolute Gasteiger partial charge is 0.0369 e. The fourth-order valence-electron chi connectivity index (χ4n) is 2.31. The number of hydrogen-bond donors (Lipinski definition) is 1. The lowest BCUT2D eigenvalue weighted by Gasteiger charge is -2.27. The van der Waals surface area contributed by atoms with E-state index in [0.29, 0.717) is 6.04 Å². The third-order valence-electron chi connectivity index (χ3n) is 4.00. The van der Waals surface area contributed by atoms with Crippen molar-refractivity contribution < 1.29 is 0 Å². The van der Waals surface area contributed by atoms with E-state index in [1.807, 2.05) is 0 Å². The number of benzene rings is 1. The van der Waals surface area contributed by atoms with Crippen molar-refractivity contribution in [1.82, 2.24) is 5.32 Å². The lowest BCUT2D eigenvalue weighted by atomic mass is 10.1. The van der Waals surface area contributed by atoms with Crippen LogP contribution in [0.4, 0.5) is 5.69 Å². The lowest BCUT2D eigenvalue weighted by molar-refractivity contribution is 0.548. The van der Waals surface area contributed by atoms with Gasteiger partial charge in [0.25, 0.3) is 0 Å². The predicted molar refractivity (Wildman–Crippen MR) is 90.5 cm³/mol. The molecule has 0 aliphatic carbocycles. The van der Waals surface area contributed by atoms with Gasteiger partial charge in [-0.3, -0.25) is 0 Å². The SMILES string of the molecule is CCC(C)CN(CC)c1ccc(CNC(C)C)c(C)c1. The average Bonchev–Trinajstić information content (AvgIpc) is 2.42. The van der Waals surface area contributed by atoms with Gasteiger partial charge in [-0.1, -0.05) is 40.2 Å². The van der Waals surface area contributed by atoms with Crippen molar-refractivity contribution in [2.75, 3.05) is 18.0 Å². The molecule has 0 spiro atoms. The first-order valence-corrected chi connectivity index (χ1v) is 8.05. The van der Waals surface area contributed by atoms with Crippen LogP contribution in [-0.2, 0) is 6.54 Å². The molecule has 0 radical (unpaired) electrons. The van der Waals surface area contributed by atoms with E-state index in [1.54, 1.807) is 0 Å². The molecule has 1 unspecified atom stereocenters. The van der Waals surface area contributed by atoms with Gasteiger partial charge in [-0.15, -0.1) is 0 Å². The number of nitrogens with one attached hydrogen (secondary N) is 1. The van der Waals surface area contributed by atoms with E-state index < -0.39 is 0 Å². The molecule has 0 amide bonds. The van der Waals surface area contributed by atoms with Gasteiger partial charge in [-0.25, -0.2) is 0 Å². The molecule has 0 saturated carbocycles. The van der Waals surface area contributed by atoms with Crippen LogP contribution in [0.2, 0.25) is 0 Å². The largest absolute Gasteiger partial charge is 0.372 e. The zero-order valence-electron chi connectivity index (χ0n) is 14.2. The van der Waals surface area contributed by atoms with Crippen molar-refractivity contribution in [1.29, 1.82) is 0 Å². The van der Waals surface area contributed by atoms with Gasteiger partial charge < -0.3 is 10.2 Å². The molecule has 2 nitrogen and oxygen atoms in total. The summed E-state index contributed by atoms with van der Waals surface area (Å²) in [5.74, 6) is 0.748. The Morgan fingerprint density at radius 3 is 2.35 bits per heavy atom. The Balaban J connectivity index is 2.78. The quantitative estimate of drug-likeness (QED) is 0.758. The molecule has 0 aliphatic rings. The molecule has 1 aromatic rings. The fraction of sp³-hybridized carbons (Fsp3) is 0.667. The molecule has 1 N–H and O–H groups in total. The Labute approximate surface area is 125 Å². The maximum atomic E-state index is 3.49. The average molecular weight is 276 g/mol. The highest BCUT2D eigenvalue weighted by Gasteiger charge is 2.10. The van der Waals surface area contributed by atoms with Crippen molar-refractivity contribution in [3.8, 4) is 0 Å². The molecular weight excluding hydrogens is 244 g/mol. The minimum absolute atomic E-state index is 0.534. The zero-order chi connectivity index (χ0) is 15.1. The summed E-state index contributed by atoms with van der Waals surface area (Å²) in [7, 11) is 0. The second-order valence-electron chi connectivity index (χ2n) is 6.20. The Morgan fingerprint density at radius 1 is 1.15 bits per heavy atom. The van der Waals surface area contributed by atoms with Crippen molar-refractivity contribution in [3.05, 3.63) is 29.3 Å². The summed E-state index contributed by atoms with van der Waals surface area (Å²) >= 11 is 0. The molecule has 0 saturated heterocycles. The Morgan fingerprint density at radius 2 is 1.85 bits per heavy atom. The van der Waals surface area contributed by atoms with Gasteiger partial charge in [0.05, 0.1) is 0 Å². The number of hydrogen-bond acceptors (Lipinski definition) is 2. The van der Waals surface area contributed by atoms with E-state index in [-0.39, 0.29) is 0 Å². The van der Waals surface area contributed by atoms with Gasteiger partial charge in [0.15, 0.2) is 0 Å². The van der Waals surface area contributed by atoms with Gasteiger partial charge in [0.1, 0.15) is 0 Å². The summed E-state index contributed by atoms with van der Waals surface area (Å²) in [5, 5.41) is 3.49. The van der Waals surface area contributed by atoms with Crippen LogP contribution in [0, 0.1) is 12.8 Å². The minimum atomic E-state index is 0.534. The lowest BCUT2D eigenvalue weighted by Crippen LogP contribution is -2.28. The zero-order valence-corrected chi connectivity index (χ0v) is 14.2. The molecule has 0 fully saturated rings. The molecular formula is C18H32N2. The monoisotopic (exact) mass is 276 g/mol. The van der Waals surface area contributed by atoms with Crippen LogP contribution in [-0.4, -0.2) is 19.1 Å². The van der Waals surface area contributed by atoms with Gasteiger partial charge in [0, 0.05) is 31.4 Å². The molecule has 1 atom stereocenters. The first-order chi connectivity index (χ1) is 9.47. The van der Waals surface area contributed by atoms with Crippen molar-refractivity contribution in [3.63, 3.8) is 0 Å². The highest BCUT2D eigenvalue weighted by atomic mass is 15.1. The summed E-state index contributed by atoms with van der Waals surface area (Å²) in [6.07, 6.45) is 1.24. The Kier molecular flexibility index (Phi) is 7.08. The third-order valence-corrected chi connectivity index (χ3v) is 4.00. The number of nitrogens with zero attached hydrogens (tertiary/aromatic N) is 1. The number of rotatable bonds is 8. The molecule has 0 heterocycles. The van der Waals surface area contributed by atoms with Gasteiger partial charge in [-0.2, -0.15) is 0 Å². The standard InChI is InChI=1S/C18H32N2/c1-7-15(5)13-20(8-2)18-10-9-17(16(6)11-18)12-19-14(3)4/h9-11,14-15,19H,7-8,12-13H2,1-6H3. The van der Waals surface area contributed by atoms with E-state index >= 15 is 0 Å².